The molecule has 1 aliphatic rings. The summed E-state index contributed by atoms with van der Waals surface area (Å²) in [7, 11) is 1.52. The van der Waals surface area contributed by atoms with Gasteiger partial charge >= 0.3 is 0 Å². The zero-order valence-electron chi connectivity index (χ0n) is 14.1. The van der Waals surface area contributed by atoms with Crippen LogP contribution in [0.4, 0.5) is 10.1 Å². The van der Waals surface area contributed by atoms with Gasteiger partial charge in [0.25, 0.3) is 5.91 Å². The number of nitrogens with one attached hydrogen (secondary N) is 1. The van der Waals surface area contributed by atoms with Gasteiger partial charge in [-0.2, -0.15) is 0 Å². The topological polar surface area (TPSA) is 66.5 Å². The fourth-order valence-electron chi connectivity index (χ4n) is 2.95. The third kappa shape index (κ3) is 3.09. The Morgan fingerprint density at radius 2 is 2.12 bits per heavy atom. The third-order valence-electron chi connectivity index (χ3n) is 4.31. The number of carbonyl (C=O) groups excluding carboxylic acids is 3. The lowest BCUT2D eigenvalue weighted by Crippen LogP contribution is -2.41. The van der Waals surface area contributed by atoms with Gasteiger partial charge in [-0.1, -0.05) is 12.1 Å². The smallest absolute Gasteiger partial charge is 0.255 e. The maximum absolute atomic E-state index is 13.1. The van der Waals surface area contributed by atoms with Crippen molar-refractivity contribution < 1.29 is 18.8 Å². The van der Waals surface area contributed by atoms with Crippen LogP contribution in [-0.2, 0) is 14.4 Å². The van der Waals surface area contributed by atoms with E-state index in [4.69, 9.17) is 0 Å². The Balaban J connectivity index is 2.52. The normalized spacial score (nSPS) is 15.9. The van der Waals surface area contributed by atoms with Crippen LogP contribution in [0.25, 0.3) is 11.1 Å². The summed E-state index contributed by atoms with van der Waals surface area (Å²) in [4.78, 5) is 37.0. The maximum Gasteiger partial charge on any atom is 0.255 e. The first-order chi connectivity index (χ1) is 11.5. The number of rotatable bonds is 6. The van der Waals surface area contributed by atoms with Crippen LogP contribution in [0.5, 0.6) is 0 Å². The summed E-state index contributed by atoms with van der Waals surface area (Å²) in [5.41, 5.74) is 1.62. The minimum absolute atomic E-state index is 0.146. The summed E-state index contributed by atoms with van der Waals surface area (Å²) >= 11 is 0. The van der Waals surface area contributed by atoms with Gasteiger partial charge in [0.2, 0.25) is 5.91 Å². The van der Waals surface area contributed by atoms with Gasteiger partial charge in [-0.25, -0.2) is 4.39 Å². The van der Waals surface area contributed by atoms with Crippen molar-refractivity contribution >= 4 is 34.9 Å². The van der Waals surface area contributed by atoms with E-state index in [0.29, 0.717) is 33.6 Å². The zero-order chi connectivity index (χ0) is 17.9. The van der Waals surface area contributed by atoms with Crippen molar-refractivity contribution in [3.05, 3.63) is 28.6 Å². The van der Waals surface area contributed by atoms with Crippen LogP contribution >= 0.6 is 0 Å². The molecule has 1 aliphatic heterocycles. The summed E-state index contributed by atoms with van der Waals surface area (Å²) in [6.45, 7) is 2.75. The Morgan fingerprint density at radius 1 is 1.42 bits per heavy atom. The molecule has 1 aromatic carbocycles. The first-order valence-electron chi connectivity index (χ1n) is 7.81. The van der Waals surface area contributed by atoms with E-state index < -0.39 is 12.7 Å². The van der Waals surface area contributed by atoms with Crippen molar-refractivity contribution in [3.8, 4) is 0 Å². The molecule has 1 atom stereocenters. The van der Waals surface area contributed by atoms with Crippen LogP contribution in [0.3, 0.4) is 0 Å². The molecule has 1 N–H and O–H groups in total. The molecule has 0 fully saturated rings. The molecule has 128 valence electrons. The number of hydrogen-bond donors (Lipinski definition) is 1. The molecule has 1 aromatic rings. The average Bonchev–Trinajstić information content (AvgIpc) is 2.86. The number of fused-ring (bicyclic) bond motifs is 1. The highest BCUT2D eigenvalue weighted by atomic mass is 19.1. The highest BCUT2D eigenvalue weighted by molar-refractivity contribution is 6.25. The largest absolute Gasteiger partial charge is 0.359 e. The SMILES string of the molecule is CNC(=O)CCC(C=O)N1C(=O)C(C)=c2c1ccc/c2=C(/C)CF. The maximum atomic E-state index is 13.1. The van der Waals surface area contributed by atoms with Gasteiger partial charge in [-0.05, 0) is 37.1 Å². The molecule has 0 saturated carbocycles. The van der Waals surface area contributed by atoms with Gasteiger partial charge in [-0.15, -0.1) is 0 Å². The summed E-state index contributed by atoms with van der Waals surface area (Å²) in [6, 6.07) is 4.53. The lowest BCUT2D eigenvalue weighted by molar-refractivity contribution is -0.121. The molecule has 5 nitrogen and oxygen atoms in total. The molecular weight excluding hydrogens is 311 g/mol. The van der Waals surface area contributed by atoms with Gasteiger partial charge in [0, 0.05) is 24.3 Å². The summed E-state index contributed by atoms with van der Waals surface area (Å²) in [5, 5.41) is 3.85. The van der Waals surface area contributed by atoms with Crippen LogP contribution in [-0.4, -0.2) is 37.9 Å². The van der Waals surface area contributed by atoms with Gasteiger partial charge in [0.15, 0.2) is 0 Å². The van der Waals surface area contributed by atoms with Crippen LogP contribution in [0, 0.1) is 0 Å². The Hall–Kier alpha value is -2.50. The molecule has 2 rings (SSSR count). The molecular formula is C18H21FN2O3. The second-order valence-corrected chi connectivity index (χ2v) is 5.83. The number of aldehydes is 1. The number of halogens is 1. The minimum Gasteiger partial charge on any atom is -0.359 e. The lowest BCUT2D eigenvalue weighted by Gasteiger charge is -2.24. The van der Waals surface area contributed by atoms with Gasteiger partial charge in [0.1, 0.15) is 13.0 Å². The molecule has 0 saturated heterocycles. The van der Waals surface area contributed by atoms with Crippen molar-refractivity contribution in [3.63, 3.8) is 0 Å². The van der Waals surface area contributed by atoms with E-state index in [-0.39, 0.29) is 24.7 Å². The van der Waals surface area contributed by atoms with Crippen LogP contribution in [0.2, 0.25) is 0 Å². The molecule has 0 bridgehead atoms. The number of amides is 2. The zero-order valence-corrected chi connectivity index (χ0v) is 14.1. The van der Waals surface area contributed by atoms with E-state index in [1.807, 2.05) is 0 Å². The average molecular weight is 332 g/mol. The van der Waals surface area contributed by atoms with E-state index in [9.17, 15) is 18.8 Å². The highest BCUT2D eigenvalue weighted by Gasteiger charge is 2.32. The van der Waals surface area contributed by atoms with Crippen molar-refractivity contribution in [1.29, 1.82) is 0 Å². The third-order valence-corrected chi connectivity index (χ3v) is 4.31. The Bertz CT molecular complexity index is 801. The number of carbonyl (C=O) groups is 3. The van der Waals surface area contributed by atoms with Crippen molar-refractivity contribution in [2.24, 2.45) is 0 Å². The monoisotopic (exact) mass is 332 g/mol. The molecule has 0 aliphatic carbocycles. The van der Waals surface area contributed by atoms with Gasteiger partial charge < -0.3 is 10.1 Å². The quantitative estimate of drug-likeness (QED) is 0.769. The summed E-state index contributed by atoms with van der Waals surface area (Å²) in [5.74, 6) is -0.470. The lowest BCUT2D eigenvalue weighted by atomic mass is 10.1. The van der Waals surface area contributed by atoms with Gasteiger partial charge in [-0.3, -0.25) is 14.5 Å². The van der Waals surface area contributed by atoms with E-state index in [1.165, 1.54) is 11.9 Å². The minimum atomic E-state index is -0.730. The van der Waals surface area contributed by atoms with Gasteiger partial charge in [0.05, 0.1) is 11.7 Å². The molecule has 1 unspecified atom stereocenters. The van der Waals surface area contributed by atoms with E-state index >= 15 is 0 Å². The van der Waals surface area contributed by atoms with Crippen molar-refractivity contribution in [2.45, 2.75) is 32.7 Å². The predicted octanol–water partition coefficient (Wildman–Crippen LogP) is 0.438. The number of anilines is 1. The van der Waals surface area contributed by atoms with Crippen LogP contribution in [0.15, 0.2) is 18.2 Å². The molecule has 1 heterocycles. The number of nitrogens with zero attached hydrogens (tertiary/aromatic N) is 1. The van der Waals surface area contributed by atoms with E-state index in [2.05, 4.69) is 5.32 Å². The number of hydrogen-bond acceptors (Lipinski definition) is 3. The molecule has 24 heavy (non-hydrogen) atoms. The molecule has 0 aromatic heterocycles. The molecule has 0 spiro atoms. The Morgan fingerprint density at radius 3 is 2.71 bits per heavy atom. The van der Waals surface area contributed by atoms with E-state index in [0.717, 1.165) is 0 Å². The Kier molecular flexibility index (Phi) is 5.49. The molecule has 0 radical (unpaired) electrons. The Labute approximate surface area is 139 Å². The standard InChI is InChI=1S/C18H21FN2O3/c1-11(9-19)14-5-4-6-15-17(14)12(2)18(24)21(15)13(10-22)7-8-16(23)20-3/h4-6,10,13H,7-9H2,1-3H3,(H,20,23)/b14-11+. The number of benzene rings is 1. The van der Waals surface area contributed by atoms with Crippen molar-refractivity contribution in [1.82, 2.24) is 5.32 Å². The second-order valence-electron chi connectivity index (χ2n) is 5.83. The highest BCUT2D eigenvalue weighted by Crippen LogP contribution is 2.22. The van der Waals surface area contributed by atoms with Crippen molar-refractivity contribution in [2.75, 3.05) is 18.6 Å². The van der Waals surface area contributed by atoms with Crippen LogP contribution in [0.1, 0.15) is 26.7 Å². The molecule has 6 heteroatoms. The first kappa shape index (κ1) is 17.8. The molecule has 2 amide bonds. The summed E-state index contributed by atoms with van der Waals surface area (Å²) in [6.07, 6.45) is 1.06. The fourth-order valence-corrected chi connectivity index (χ4v) is 2.95. The summed E-state index contributed by atoms with van der Waals surface area (Å²) < 4.78 is 13.1. The number of alkyl halides is 1. The van der Waals surface area contributed by atoms with Crippen LogP contribution < -0.4 is 20.7 Å². The van der Waals surface area contributed by atoms with E-state index in [1.54, 1.807) is 32.0 Å². The fraction of sp³-hybridized carbons (Fsp3) is 0.389. The predicted molar refractivity (Wildman–Crippen MR) is 90.5 cm³/mol. The second kappa shape index (κ2) is 7.38. The first-order valence-corrected chi connectivity index (χ1v) is 7.81.